The molecule has 0 aromatic rings. The Morgan fingerprint density at radius 2 is 2.36 bits per heavy atom. The number of rotatable bonds is 1. The minimum absolute atomic E-state index is 0.281. The lowest BCUT2D eigenvalue weighted by Gasteiger charge is -2.25. The Kier molecular flexibility index (Phi) is 2.23. The second-order valence-electron chi connectivity index (χ2n) is 3.12. The molecule has 0 N–H and O–H groups in total. The molecule has 0 aromatic carbocycles. The van der Waals surface area contributed by atoms with E-state index in [4.69, 9.17) is 4.74 Å². The van der Waals surface area contributed by atoms with Crippen LogP contribution in [-0.4, -0.2) is 17.4 Å². The number of carbonyl (C=O) groups excluding carboxylic acids is 1. The first kappa shape index (κ1) is 8.81. The van der Waals surface area contributed by atoms with Gasteiger partial charge in [0.25, 0.3) is 0 Å². The Bertz CT molecular complexity index is 375. The Hall–Kier alpha value is -1.77. The van der Waals surface area contributed by atoms with Crippen molar-refractivity contribution < 1.29 is 9.53 Å². The molecule has 2 aliphatic heterocycles. The average molecular weight is 189 g/mol. The molecule has 0 unspecified atom stereocenters. The summed E-state index contributed by atoms with van der Waals surface area (Å²) in [5, 5.41) is 0. The van der Waals surface area contributed by atoms with Crippen LogP contribution in [0.2, 0.25) is 0 Å². The Morgan fingerprint density at radius 3 is 3.14 bits per heavy atom. The van der Waals surface area contributed by atoms with Gasteiger partial charge in [0.15, 0.2) is 0 Å². The lowest BCUT2D eigenvalue weighted by molar-refractivity contribution is -0.136. The Balaban J connectivity index is 2.16. The molecule has 0 atom stereocenters. The van der Waals surface area contributed by atoms with Crippen LogP contribution in [0.3, 0.4) is 0 Å². The summed E-state index contributed by atoms with van der Waals surface area (Å²) in [4.78, 5) is 12.8. The summed E-state index contributed by atoms with van der Waals surface area (Å²) in [6.07, 6.45) is 11.6. The third kappa shape index (κ3) is 1.76. The molecule has 0 radical (unpaired) electrons. The maximum atomic E-state index is 10.7. The van der Waals surface area contributed by atoms with Gasteiger partial charge in [0.1, 0.15) is 5.76 Å². The van der Waals surface area contributed by atoms with Crippen molar-refractivity contribution in [2.75, 3.05) is 6.54 Å². The molecule has 0 amide bonds. The lowest BCUT2D eigenvalue weighted by atomic mass is 10.2. The molecule has 14 heavy (non-hydrogen) atoms. The van der Waals surface area contributed by atoms with Gasteiger partial charge >= 0.3 is 5.97 Å². The van der Waals surface area contributed by atoms with E-state index < -0.39 is 0 Å². The third-order valence-electron chi connectivity index (χ3n) is 2.02. The monoisotopic (exact) mass is 189 g/mol. The minimum atomic E-state index is -0.281. The number of ether oxygens (including phenoxy) is 1. The first-order valence-corrected chi connectivity index (χ1v) is 4.47. The second-order valence-corrected chi connectivity index (χ2v) is 3.12. The van der Waals surface area contributed by atoms with Gasteiger partial charge in [0.2, 0.25) is 0 Å². The minimum Gasteiger partial charge on any atom is -0.427 e. The molecule has 0 aliphatic carbocycles. The van der Waals surface area contributed by atoms with E-state index in [1.807, 2.05) is 36.6 Å². The SMILES string of the molecule is CC(=O)OC1=CCN2C=CC=CC2=C1. The highest BCUT2D eigenvalue weighted by Crippen LogP contribution is 2.19. The molecule has 2 heterocycles. The van der Waals surface area contributed by atoms with Crippen molar-refractivity contribution in [3.05, 3.63) is 48.0 Å². The molecular weight excluding hydrogens is 178 g/mol. The zero-order chi connectivity index (χ0) is 9.97. The number of nitrogens with zero attached hydrogens (tertiary/aromatic N) is 1. The highest BCUT2D eigenvalue weighted by Gasteiger charge is 2.12. The van der Waals surface area contributed by atoms with Crippen LogP contribution in [0.25, 0.3) is 0 Å². The molecule has 3 heteroatoms. The maximum Gasteiger partial charge on any atom is 0.308 e. The normalized spacial score (nSPS) is 18.5. The molecule has 0 saturated carbocycles. The molecule has 0 saturated heterocycles. The summed E-state index contributed by atoms with van der Waals surface area (Å²) in [5.74, 6) is 0.348. The summed E-state index contributed by atoms with van der Waals surface area (Å²) in [7, 11) is 0. The average Bonchev–Trinajstić information content (AvgIpc) is 2.17. The molecule has 0 spiro atoms. The summed E-state index contributed by atoms with van der Waals surface area (Å²) in [6, 6.07) is 0. The van der Waals surface area contributed by atoms with Crippen LogP contribution in [0.15, 0.2) is 48.0 Å². The second kappa shape index (κ2) is 3.54. The van der Waals surface area contributed by atoms with E-state index in [1.165, 1.54) is 6.92 Å². The van der Waals surface area contributed by atoms with Gasteiger partial charge in [0.05, 0.1) is 0 Å². The molecule has 0 fully saturated rings. The fraction of sp³-hybridized carbons (Fsp3) is 0.182. The highest BCUT2D eigenvalue weighted by molar-refractivity contribution is 5.68. The summed E-state index contributed by atoms with van der Waals surface area (Å²) in [5.41, 5.74) is 1.05. The topological polar surface area (TPSA) is 29.5 Å². The van der Waals surface area contributed by atoms with Gasteiger partial charge in [0, 0.05) is 31.4 Å². The van der Waals surface area contributed by atoms with Crippen LogP contribution >= 0.6 is 0 Å². The summed E-state index contributed by atoms with van der Waals surface area (Å²) >= 11 is 0. The standard InChI is InChI=1S/C11H11NO2/c1-9(13)14-11-5-7-12-6-3-2-4-10(12)8-11/h2-6,8H,7H2,1H3. The van der Waals surface area contributed by atoms with Gasteiger partial charge in [-0.1, -0.05) is 6.08 Å². The fourth-order valence-electron chi connectivity index (χ4n) is 1.42. The number of fused-ring (bicyclic) bond motifs is 1. The molecule has 0 bridgehead atoms. The van der Waals surface area contributed by atoms with E-state index in [9.17, 15) is 4.79 Å². The predicted molar refractivity (Wildman–Crippen MR) is 52.9 cm³/mol. The quantitative estimate of drug-likeness (QED) is 0.588. The van der Waals surface area contributed by atoms with Crippen LogP contribution in [0.5, 0.6) is 0 Å². The number of hydrogen-bond donors (Lipinski definition) is 0. The van der Waals surface area contributed by atoms with Crippen LogP contribution < -0.4 is 0 Å². The van der Waals surface area contributed by atoms with Crippen LogP contribution in [0.4, 0.5) is 0 Å². The van der Waals surface area contributed by atoms with Crippen molar-refractivity contribution in [2.45, 2.75) is 6.92 Å². The largest absolute Gasteiger partial charge is 0.427 e. The number of allylic oxidation sites excluding steroid dienone is 4. The zero-order valence-corrected chi connectivity index (χ0v) is 7.93. The van der Waals surface area contributed by atoms with Gasteiger partial charge in [-0.25, -0.2) is 0 Å². The van der Waals surface area contributed by atoms with Crippen molar-refractivity contribution >= 4 is 5.97 Å². The van der Waals surface area contributed by atoms with Crippen molar-refractivity contribution in [1.82, 2.24) is 4.90 Å². The van der Waals surface area contributed by atoms with Gasteiger partial charge in [-0.3, -0.25) is 4.79 Å². The Labute approximate surface area is 82.7 Å². The van der Waals surface area contributed by atoms with Gasteiger partial charge in [-0.15, -0.1) is 0 Å². The van der Waals surface area contributed by atoms with Crippen LogP contribution in [0, 0.1) is 0 Å². The third-order valence-corrected chi connectivity index (χ3v) is 2.02. The highest BCUT2D eigenvalue weighted by atomic mass is 16.5. The molecule has 2 aliphatic rings. The van der Waals surface area contributed by atoms with Crippen LogP contribution in [0.1, 0.15) is 6.92 Å². The lowest BCUT2D eigenvalue weighted by Crippen LogP contribution is -2.21. The number of esters is 1. The smallest absolute Gasteiger partial charge is 0.308 e. The molecule has 0 aromatic heterocycles. The van der Waals surface area contributed by atoms with Gasteiger partial charge in [-0.2, -0.15) is 0 Å². The maximum absolute atomic E-state index is 10.7. The zero-order valence-electron chi connectivity index (χ0n) is 7.93. The fourth-order valence-corrected chi connectivity index (χ4v) is 1.42. The molecular formula is C11H11NO2. The first-order chi connectivity index (χ1) is 6.75. The van der Waals surface area contributed by atoms with E-state index in [0.717, 1.165) is 12.2 Å². The summed E-state index contributed by atoms with van der Waals surface area (Å²) < 4.78 is 5.00. The van der Waals surface area contributed by atoms with E-state index in [2.05, 4.69) is 4.90 Å². The van der Waals surface area contributed by atoms with E-state index in [-0.39, 0.29) is 5.97 Å². The van der Waals surface area contributed by atoms with E-state index >= 15 is 0 Å². The van der Waals surface area contributed by atoms with Gasteiger partial charge in [-0.05, 0) is 18.2 Å². The number of hydrogen-bond acceptors (Lipinski definition) is 3. The molecule has 2 rings (SSSR count). The predicted octanol–water partition coefficient (Wildman–Crippen LogP) is 1.72. The van der Waals surface area contributed by atoms with Crippen LogP contribution in [-0.2, 0) is 9.53 Å². The summed E-state index contributed by atoms with van der Waals surface area (Å²) in [6.45, 7) is 2.15. The van der Waals surface area contributed by atoms with E-state index in [0.29, 0.717) is 5.76 Å². The van der Waals surface area contributed by atoms with Crippen molar-refractivity contribution in [2.24, 2.45) is 0 Å². The first-order valence-electron chi connectivity index (χ1n) is 4.47. The van der Waals surface area contributed by atoms with Gasteiger partial charge < -0.3 is 9.64 Å². The van der Waals surface area contributed by atoms with Crippen molar-refractivity contribution in [3.63, 3.8) is 0 Å². The van der Waals surface area contributed by atoms with E-state index in [1.54, 1.807) is 0 Å². The number of carbonyl (C=O) groups is 1. The Morgan fingerprint density at radius 1 is 1.50 bits per heavy atom. The van der Waals surface area contributed by atoms with Crippen molar-refractivity contribution in [1.29, 1.82) is 0 Å². The van der Waals surface area contributed by atoms with Crippen molar-refractivity contribution in [3.8, 4) is 0 Å². The molecule has 3 nitrogen and oxygen atoms in total. The molecule has 72 valence electrons.